The van der Waals surface area contributed by atoms with Crippen LogP contribution in [0.1, 0.15) is 22.9 Å². The monoisotopic (exact) mass is 404 g/mol. The minimum atomic E-state index is 0. The molecule has 142 valence electrons. The van der Waals surface area contributed by atoms with Crippen LogP contribution in [0, 0.1) is 0 Å². The van der Waals surface area contributed by atoms with E-state index in [0.29, 0.717) is 6.54 Å². The zero-order chi connectivity index (χ0) is 17.8. The quantitative estimate of drug-likeness (QED) is 0.708. The lowest BCUT2D eigenvalue weighted by atomic mass is 10.0. The molecule has 3 aromatic rings. The molecule has 1 saturated heterocycles. The number of benzene rings is 1. The molecule has 0 aliphatic carbocycles. The van der Waals surface area contributed by atoms with Crippen molar-refractivity contribution in [1.29, 1.82) is 0 Å². The Morgan fingerprint density at radius 1 is 1.19 bits per heavy atom. The molecule has 1 aliphatic heterocycles. The third-order valence-electron chi connectivity index (χ3n) is 4.61. The number of nitrogens with zero attached hydrogens (tertiary/aromatic N) is 5. The molecule has 0 amide bonds. The largest absolute Gasteiger partial charge is 0.314 e. The number of halogens is 2. The van der Waals surface area contributed by atoms with Gasteiger partial charge in [0.05, 0.1) is 18.4 Å². The van der Waals surface area contributed by atoms with Crippen molar-refractivity contribution >= 4 is 24.0 Å². The minimum Gasteiger partial charge on any atom is -0.314 e. The maximum absolute atomic E-state index is 6.18. The number of hydrogen-bond donors (Lipinski definition) is 1. The molecular formula is C19H22Cl2N6. The predicted octanol–water partition coefficient (Wildman–Crippen LogP) is 2.94. The summed E-state index contributed by atoms with van der Waals surface area (Å²) in [4.78, 5) is 6.58. The second-order valence-corrected chi connectivity index (χ2v) is 6.95. The highest BCUT2D eigenvalue weighted by Crippen LogP contribution is 2.25. The average Bonchev–Trinajstić information content (AvgIpc) is 3.10. The molecule has 1 fully saturated rings. The van der Waals surface area contributed by atoms with E-state index in [1.807, 2.05) is 47.4 Å². The number of piperazine rings is 1. The zero-order valence-corrected chi connectivity index (χ0v) is 16.4. The third kappa shape index (κ3) is 5.05. The molecule has 3 heterocycles. The fourth-order valence-electron chi connectivity index (χ4n) is 3.35. The number of pyridine rings is 1. The Bertz CT molecular complexity index is 854. The first-order valence-electron chi connectivity index (χ1n) is 8.76. The van der Waals surface area contributed by atoms with Gasteiger partial charge in [-0.15, -0.1) is 17.5 Å². The van der Waals surface area contributed by atoms with Crippen LogP contribution in [-0.4, -0.2) is 44.5 Å². The van der Waals surface area contributed by atoms with Gasteiger partial charge in [0.15, 0.2) is 0 Å². The molecule has 1 unspecified atom stereocenters. The molecule has 27 heavy (non-hydrogen) atoms. The van der Waals surface area contributed by atoms with Gasteiger partial charge in [-0.2, -0.15) is 0 Å². The molecule has 1 aromatic carbocycles. The van der Waals surface area contributed by atoms with Gasteiger partial charge in [-0.05, 0) is 29.3 Å². The van der Waals surface area contributed by atoms with Crippen LogP contribution in [0.25, 0.3) is 0 Å². The van der Waals surface area contributed by atoms with Crippen molar-refractivity contribution in [2.75, 3.05) is 19.6 Å². The van der Waals surface area contributed by atoms with Crippen molar-refractivity contribution in [3.63, 3.8) is 0 Å². The summed E-state index contributed by atoms with van der Waals surface area (Å²) in [6, 6.07) is 12.4. The second kappa shape index (κ2) is 9.28. The summed E-state index contributed by atoms with van der Waals surface area (Å²) in [5.41, 5.74) is 3.32. The van der Waals surface area contributed by atoms with Crippen LogP contribution in [-0.2, 0) is 13.1 Å². The summed E-state index contributed by atoms with van der Waals surface area (Å²) in [6.45, 7) is 4.30. The smallest absolute Gasteiger partial charge is 0.0967 e. The van der Waals surface area contributed by atoms with Crippen LogP contribution >= 0.6 is 24.0 Å². The first kappa shape index (κ1) is 19.8. The normalized spacial score (nSPS) is 17.4. The van der Waals surface area contributed by atoms with E-state index in [0.717, 1.165) is 42.5 Å². The highest BCUT2D eigenvalue weighted by atomic mass is 35.5. The molecule has 4 rings (SSSR count). The molecule has 0 bridgehead atoms. The molecule has 6 nitrogen and oxygen atoms in total. The number of hydrogen-bond acceptors (Lipinski definition) is 5. The van der Waals surface area contributed by atoms with E-state index in [2.05, 4.69) is 31.6 Å². The predicted molar refractivity (Wildman–Crippen MR) is 108 cm³/mol. The van der Waals surface area contributed by atoms with Crippen molar-refractivity contribution in [3.05, 3.63) is 76.8 Å². The Balaban J connectivity index is 0.00000210. The fourth-order valence-corrected chi connectivity index (χ4v) is 3.55. The molecule has 1 atom stereocenters. The van der Waals surface area contributed by atoms with E-state index in [4.69, 9.17) is 11.6 Å². The van der Waals surface area contributed by atoms with Gasteiger partial charge in [-0.1, -0.05) is 35.0 Å². The van der Waals surface area contributed by atoms with Gasteiger partial charge in [0, 0.05) is 49.6 Å². The van der Waals surface area contributed by atoms with Crippen LogP contribution in [0.3, 0.4) is 0 Å². The Hall–Kier alpha value is -1.99. The van der Waals surface area contributed by atoms with Crippen molar-refractivity contribution in [2.45, 2.75) is 19.1 Å². The number of aromatic nitrogens is 4. The summed E-state index contributed by atoms with van der Waals surface area (Å²) in [6.07, 6.45) is 5.65. The summed E-state index contributed by atoms with van der Waals surface area (Å²) >= 11 is 6.18. The lowest BCUT2D eigenvalue weighted by molar-refractivity contribution is 0.152. The van der Waals surface area contributed by atoms with Crippen LogP contribution < -0.4 is 5.32 Å². The summed E-state index contributed by atoms with van der Waals surface area (Å²) in [5, 5.41) is 12.9. The third-order valence-corrected chi connectivity index (χ3v) is 4.84. The molecule has 0 spiro atoms. The Morgan fingerprint density at radius 3 is 2.93 bits per heavy atom. The Labute approximate surface area is 170 Å². The number of rotatable bonds is 5. The second-order valence-electron chi connectivity index (χ2n) is 6.51. The van der Waals surface area contributed by atoms with Gasteiger partial charge < -0.3 is 5.32 Å². The lowest BCUT2D eigenvalue weighted by Gasteiger charge is -2.36. The molecule has 0 saturated carbocycles. The average molecular weight is 405 g/mol. The van der Waals surface area contributed by atoms with E-state index >= 15 is 0 Å². The lowest BCUT2D eigenvalue weighted by Crippen LogP contribution is -2.45. The van der Waals surface area contributed by atoms with Crippen molar-refractivity contribution in [1.82, 2.24) is 30.2 Å². The molecule has 8 heteroatoms. The van der Waals surface area contributed by atoms with Crippen molar-refractivity contribution < 1.29 is 0 Å². The first-order chi connectivity index (χ1) is 12.8. The van der Waals surface area contributed by atoms with E-state index in [1.165, 1.54) is 5.56 Å². The summed E-state index contributed by atoms with van der Waals surface area (Å²) in [5.74, 6) is 0. The Morgan fingerprint density at radius 2 is 2.11 bits per heavy atom. The standard InChI is InChI=1S/C19H21ClN6.ClH/c20-17-5-1-4-16(9-17)19-11-22-7-8-25(19)13-18-14-26(24-23-18)12-15-3-2-6-21-10-15;/h1-6,9-10,14,19,22H,7-8,11-13H2;1H. The molecule has 1 N–H and O–H groups in total. The van der Waals surface area contributed by atoms with Gasteiger partial charge in [0.25, 0.3) is 0 Å². The zero-order valence-electron chi connectivity index (χ0n) is 14.8. The highest BCUT2D eigenvalue weighted by Gasteiger charge is 2.24. The van der Waals surface area contributed by atoms with Crippen molar-refractivity contribution in [2.24, 2.45) is 0 Å². The minimum absolute atomic E-state index is 0. The van der Waals surface area contributed by atoms with Crippen LogP contribution in [0.4, 0.5) is 0 Å². The number of nitrogens with one attached hydrogen (secondary N) is 1. The Kier molecular flexibility index (Phi) is 6.79. The van der Waals surface area contributed by atoms with Crippen LogP contribution in [0.15, 0.2) is 55.0 Å². The summed E-state index contributed by atoms with van der Waals surface area (Å²) in [7, 11) is 0. The highest BCUT2D eigenvalue weighted by molar-refractivity contribution is 6.30. The molecule has 2 aromatic heterocycles. The van der Waals surface area contributed by atoms with Gasteiger partial charge in [0.2, 0.25) is 0 Å². The molecule has 1 aliphatic rings. The first-order valence-corrected chi connectivity index (χ1v) is 9.14. The van der Waals surface area contributed by atoms with E-state index in [9.17, 15) is 0 Å². The van der Waals surface area contributed by atoms with Gasteiger partial charge in [-0.3, -0.25) is 9.88 Å². The van der Waals surface area contributed by atoms with Crippen LogP contribution in [0.5, 0.6) is 0 Å². The van der Waals surface area contributed by atoms with E-state index in [-0.39, 0.29) is 18.4 Å². The van der Waals surface area contributed by atoms with Crippen LogP contribution in [0.2, 0.25) is 5.02 Å². The maximum atomic E-state index is 6.18. The maximum Gasteiger partial charge on any atom is 0.0967 e. The topological polar surface area (TPSA) is 58.9 Å². The van der Waals surface area contributed by atoms with Gasteiger partial charge in [0.1, 0.15) is 0 Å². The van der Waals surface area contributed by atoms with Gasteiger partial charge in [-0.25, -0.2) is 4.68 Å². The van der Waals surface area contributed by atoms with Gasteiger partial charge >= 0.3 is 0 Å². The SMILES string of the molecule is Cl.Clc1cccc(C2CNCCN2Cc2cn(Cc3cccnc3)nn2)c1. The van der Waals surface area contributed by atoms with E-state index < -0.39 is 0 Å². The van der Waals surface area contributed by atoms with E-state index in [1.54, 1.807) is 6.20 Å². The fraction of sp³-hybridized carbons (Fsp3) is 0.316. The summed E-state index contributed by atoms with van der Waals surface area (Å²) < 4.78 is 1.86. The molecule has 0 radical (unpaired) electrons. The molecular weight excluding hydrogens is 383 g/mol. The van der Waals surface area contributed by atoms with Crippen molar-refractivity contribution in [3.8, 4) is 0 Å².